The van der Waals surface area contributed by atoms with Crippen LogP contribution < -0.4 is 16.0 Å². The predicted molar refractivity (Wildman–Crippen MR) is 78.1 cm³/mol. The second-order valence-corrected chi connectivity index (χ2v) is 4.69. The highest BCUT2D eigenvalue weighted by atomic mass is 16.5. The molecule has 0 fully saturated rings. The van der Waals surface area contributed by atoms with E-state index in [1.54, 1.807) is 0 Å². The Balaban J connectivity index is 2.34. The Morgan fingerprint density at radius 2 is 1.85 bits per heavy atom. The van der Waals surface area contributed by atoms with Crippen molar-refractivity contribution in [1.82, 2.24) is 5.43 Å². The summed E-state index contributed by atoms with van der Waals surface area (Å²) < 4.78 is 5.87. The van der Waals surface area contributed by atoms with E-state index in [1.165, 1.54) is 0 Å². The molecule has 4 nitrogen and oxygen atoms in total. The fourth-order valence-corrected chi connectivity index (χ4v) is 1.94. The number of benzene rings is 2. The van der Waals surface area contributed by atoms with Crippen LogP contribution in [0.4, 0.5) is 0 Å². The zero-order valence-electron chi connectivity index (χ0n) is 11.6. The summed E-state index contributed by atoms with van der Waals surface area (Å²) in [5.41, 5.74) is 4.96. The molecule has 2 aromatic carbocycles. The third-order valence-corrected chi connectivity index (χ3v) is 3.07. The first-order valence-corrected chi connectivity index (χ1v) is 6.41. The summed E-state index contributed by atoms with van der Waals surface area (Å²) in [6.07, 6.45) is -0.762. The van der Waals surface area contributed by atoms with Gasteiger partial charge in [-0.3, -0.25) is 10.2 Å². The molecule has 0 heterocycles. The zero-order valence-corrected chi connectivity index (χ0v) is 11.6. The summed E-state index contributed by atoms with van der Waals surface area (Å²) in [6.45, 7) is 3.92. The maximum atomic E-state index is 12.0. The first-order valence-electron chi connectivity index (χ1n) is 6.41. The fraction of sp³-hybridized carbons (Fsp3) is 0.188. The van der Waals surface area contributed by atoms with Gasteiger partial charge < -0.3 is 4.74 Å². The molecule has 0 saturated heterocycles. The molecule has 1 atom stereocenters. The van der Waals surface area contributed by atoms with Crippen LogP contribution in [0.15, 0.2) is 48.5 Å². The number of nitrogens with two attached hydrogens (primary N) is 1. The van der Waals surface area contributed by atoms with E-state index >= 15 is 0 Å². The first-order chi connectivity index (χ1) is 9.61. The van der Waals surface area contributed by atoms with Gasteiger partial charge in [-0.15, -0.1) is 0 Å². The Hall–Kier alpha value is -2.33. The number of carbonyl (C=O) groups excluding carboxylic acids is 1. The van der Waals surface area contributed by atoms with Gasteiger partial charge in [0.15, 0.2) is 0 Å². The number of amides is 1. The average molecular weight is 270 g/mol. The summed E-state index contributed by atoms with van der Waals surface area (Å²) >= 11 is 0. The predicted octanol–water partition coefficient (Wildman–Crippen LogP) is 2.41. The minimum Gasteiger partial charge on any atom is -0.475 e. The quantitative estimate of drug-likeness (QED) is 0.509. The number of nitrogens with one attached hydrogen (secondary N) is 1. The molecule has 0 aliphatic heterocycles. The molecule has 0 saturated carbocycles. The normalized spacial score (nSPS) is 11.8. The van der Waals surface area contributed by atoms with Crippen LogP contribution in [0.2, 0.25) is 0 Å². The van der Waals surface area contributed by atoms with Crippen LogP contribution in [-0.4, -0.2) is 5.91 Å². The minimum atomic E-state index is -0.762. The molecule has 4 heteroatoms. The molecule has 20 heavy (non-hydrogen) atoms. The molecule has 0 radical (unpaired) electrons. The van der Waals surface area contributed by atoms with E-state index in [0.29, 0.717) is 5.75 Å². The number of ether oxygens (including phenoxy) is 1. The van der Waals surface area contributed by atoms with Gasteiger partial charge >= 0.3 is 0 Å². The lowest BCUT2D eigenvalue weighted by Crippen LogP contribution is -2.37. The first kappa shape index (κ1) is 14.1. The van der Waals surface area contributed by atoms with Crippen molar-refractivity contribution in [3.63, 3.8) is 0 Å². The van der Waals surface area contributed by atoms with Gasteiger partial charge in [-0.25, -0.2) is 5.84 Å². The van der Waals surface area contributed by atoms with E-state index < -0.39 is 6.10 Å². The SMILES string of the molecule is Cc1ccc(C)c(OC(C(=O)NN)c2ccccc2)c1. The van der Waals surface area contributed by atoms with Crippen molar-refractivity contribution < 1.29 is 9.53 Å². The fourth-order valence-electron chi connectivity index (χ4n) is 1.94. The van der Waals surface area contributed by atoms with Crippen LogP contribution >= 0.6 is 0 Å². The molecule has 1 unspecified atom stereocenters. The van der Waals surface area contributed by atoms with Crippen molar-refractivity contribution in [1.29, 1.82) is 0 Å². The van der Waals surface area contributed by atoms with Gasteiger partial charge in [-0.2, -0.15) is 0 Å². The lowest BCUT2D eigenvalue weighted by molar-refractivity contribution is -0.128. The zero-order chi connectivity index (χ0) is 14.5. The van der Waals surface area contributed by atoms with Crippen LogP contribution in [0.3, 0.4) is 0 Å². The van der Waals surface area contributed by atoms with Gasteiger partial charge in [-0.1, -0.05) is 42.5 Å². The highest BCUT2D eigenvalue weighted by Crippen LogP contribution is 2.26. The maximum Gasteiger partial charge on any atom is 0.279 e. The number of hydrogen-bond acceptors (Lipinski definition) is 3. The van der Waals surface area contributed by atoms with E-state index in [9.17, 15) is 4.79 Å². The standard InChI is InChI=1S/C16H18N2O2/c1-11-8-9-12(2)14(10-11)20-15(16(19)18-17)13-6-4-3-5-7-13/h3-10,15H,17H2,1-2H3,(H,18,19). The molecule has 2 rings (SSSR count). The van der Waals surface area contributed by atoms with Gasteiger partial charge in [-0.05, 0) is 31.0 Å². The van der Waals surface area contributed by atoms with E-state index in [0.717, 1.165) is 16.7 Å². The summed E-state index contributed by atoms with van der Waals surface area (Å²) in [5.74, 6) is 5.56. The molecular weight excluding hydrogens is 252 g/mol. The smallest absolute Gasteiger partial charge is 0.279 e. The number of hydrazine groups is 1. The van der Waals surface area contributed by atoms with Gasteiger partial charge in [0.1, 0.15) is 5.75 Å². The minimum absolute atomic E-state index is 0.378. The lowest BCUT2D eigenvalue weighted by atomic mass is 10.1. The van der Waals surface area contributed by atoms with Gasteiger partial charge in [0, 0.05) is 5.56 Å². The van der Waals surface area contributed by atoms with Gasteiger partial charge in [0.25, 0.3) is 5.91 Å². The van der Waals surface area contributed by atoms with Crippen molar-refractivity contribution in [2.45, 2.75) is 20.0 Å². The molecule has 0 spiro atoms. The molecule has 0 aromatic heterocycles. The van der Waals surface area contributed by atoms with Crippen LogP contribution in [0.25, 0.3) is 0 Å². The summed E-state index contributed by atoms with van der Waals surface area (Å²) in [6, 6.07) is 15.2. The molecule has 1 amide bonds. The third kappa shape index (κ3) is 3.16. The Labute approximate surface area is 118 Å². The molecular formula is C16H18N2O2. The number of rotatable bonds is 4. The largest absolute Gasteiger partial charge is 0.475 e. The molecule has 0 aliphatic rings. The van der Waals surface area contributed by atoms with Crippen LogP contribution in [0.1, 0.15) is 22.8 Å². The topological polar surface area (TPSA) is 64.3 Å². The maximum absolute atomic E-state index is 12.0. The molecule has 104 valence electrons. The van der Waals surface area contributed by atoms with Crippen molar-refractivity contribution in [2.24, 2.45) is 5.84 Å². The Kier molecular flexibility index (Phi) is 4.38. The second-order valence-electron chi connectivity index (χ2n) is 4.69. The van der Waals surface area contributed by atoms with E-state index in [1.807, 2.05) is 62.4 Å². The monoisotopic (exact) mass is 270 g/mol. The second kappa shape index (κ2) is 6.21. The number of carbonyl (C=O) groups is 1. The molecule has 0 aliphatic carbocycles. The number of hydrogen-bond donors (Lipinski definition) is 2. The van der Waals surface area contributed by atoms with Crippen molar-refractivity contribution >= 4 is 5.91 Å². The summed E-state index contributed by atoms with van der Waals surface area (Å²) in [7, 11) is 0. The lowest BCUT2D eigenvalue weighted by Gasteiger charge is -2.19. The summed E-state index contributed by atoms with van der Waals surface area (Å²) in [5, 5.41) is 0. The highest BCUT2D eigenvalue weighted by molar-refractivity contribution is 5.82. The Morgan fingerprint density at radius 1 is 1.15 bits per heavy atom. The van der Waals surface area contributed by atoms with E-state index in [-0.39, 0.29) is 5.91 Å². The van der Waals surface area contributed by atoms with E-state index in [2.05, 4.69) is 5.43 Å². The molecule has 2 aromatic rings. The summed E-state index contributed by atoms with van der Waals surface area (Å²) in [4.78, 5) is 12.0. The Bertz CT molecular complexity index is 597. The number of aryl methyl sites for hydroxylation is 2. The van der Waals surface area contributed by atoms with E-state index in [4.69, 9.17) is 10.6 Å². The van der Waals surface area contributed by atoms with Crippen LogP contribution in [-0.2, 0) is 4.79 Å². The average Bonchev–Trinajstić information content (AvgIpc) is 2.48. The van der Waals surface area contributed by atoms with Crippen molar-refractivity contribution in [3.8, 4) is 5.75 Å². The van der Waals surface area contributed by atoms with Gasteiger partial charge in [0.2, 0.25) is 6.10 Å². The van der Waals surface area contributed by atoms with Gasteiger partial charge in [0.05, 0.1) is 0 Å². The molecule has 3 N–H and O–H groups in total. The van der Waals surface area contributed by atoms with Crippen molar-refractivity contribution in [3.05, 3.63) is 65.2 Å². The van der Waals surface area contributed by atoms with Crippen LogP contribution in [0.5, 0.6) is 5.75 Å². The van der Waals surface area contributed by atoms with Crippen LogP contribution in [0, 0.1) is 13.8 Å². The third-order valence-electron chi connectivity index (χ3n) is 3.07. The Morgan fingerprint density at radius 3 is 2.50 bits per heavy atom. The highest BCUT2D eigenvalue weighted by Gasteiger charge is 2.22. The molecule has 0 bridgehead atoms. The van der Waals surface area contributed by atoms with Crippen molar-refractivity contribution in [2.75, 3.05) is 0 Å².